The van der Waals surface area contributed by atoms with Crippen molar-refractivity contribution in [3.8, 4) is 5.75 Å². The second-order valence-corrected chi connectivity index (χ2v) is 11.6. The fraction of sp³-hybridized carbons (Fsp3) is 0.516. The zero-order chi connectivity index (χ0) is 31.2. The van der Waals surface area contributed by atoms with E-state index in [0.29, 0.717) is 23.4 Å². The lowest BCUT2D eigenvalue weighted by Crippen LogP contribution is -2.63. The van der Waals surface area contributed by atoms with Crippen molar-refractivity contribution in [3.63, 3.8) is 0 Å². The number of aliphatic hydroxyl groups is 1. The Morgan fingerprint density at radius 1 is 1.21 bits per heavy atom. The molecular weight excluding hydrogens is 564 g/mol. The van der Waals surface area contributed by atoms with Crippen LogP contribution in [0.5, 0.6) is 5.75 Å². The third kappa shape index (κ3) is 8.36. The lowest BCUT2D eigenvalue weighted by Gasteiger charge is -2.41. The molecule has 1 aromatic rings. The van der Waals surface area contributed by atoms with E-state index in [2.05, 4.69) is 10.6 Å². The molecule has 0 radical (unpaired) electrons. The predicted octanol–water partition coefficient (Wildman–Crippen LogP) is 5.09. The van der Waals surface area contributed by atoms with Gasteiger partial charge in [-0.15, -0.1) is 0 Å². The minimum atomic E-state index is -1.74. The lowest BCUT2D eigenvalue weighted by molar-refractivity contribution is -0.151. The molecule has 2 amide bonds. The molecule has 4 bridgehead atoms. The highest BCUT2D eigenvalue weighted by atomic mass is 35.5. The highest BCUT2D eigenvalue weighted by Gasteiger charge is 2.46. The van der Waals surface area contributed by atoms with Crippen molar-refractivity contribution in [2.75, 3.05) is 19.5 Å². The number of rotatable bonds is 4. The lowest BCUT2D eigenvalue weighted by atomic mass is 9.89. The summed E-state index contributed by atoms with van der Waals surface area (Å²) in [6.45, 7) is 8.90. The Bertz CT molecular complexity index is 1270. The summed E-state index contributed by atoms with van der Waals surface area (Å²) in [5.74, 6) is -1.31. The Balaban J connectivity index is 2.10. The van der Waals surface area contributed by atoms with Gasteiger partial charge in [-0.05, 0) is 43.5 Å². The van der Waals surface area contributed by atoms with Gasteiger partial charge < -0.3 is 29.4 Å². The summed E-state index contributed by atoms with van der Waals surface area (Å²) in [5, 5.41) is 17.1. The van der Waals surface area contributed by atoms with Crippen molar-refractivity contribution >= 4 is 35.3 Å². The van der Waals surface area contributed by atoms with E-state index in [1.165, 1.54) is 14.2 Å². The second-order valence-electron chi connectivity index (χ2n) is 11.2. The molecule has 0 saturated carbocycles. The number of methoxy groups -OCH3 is 2. The van der Waals surface area contributed by atoms with E-state index in [9.17, 15) is 19.5 Å². The van der Waals surface area contributed by atoms with Crippen molar-refractivity contribution in [2.45, 2.75) is 77.9 Å². The number of nitrogens with one attached hydrogen (secondary N) is 2. The molecule has 1 aromatic carbocycles. The molecule has 3 N–H and O–H groups in total. The molecule has 2 aliphatic rings. The molecule has 2 aliphatic heterocycles. The fourth-order valence-corrected chi connectivity index (χ4v) is 5.16. The van der Waals surface area contributed by atoms with E-state index in [1.54, 1.807) is 51.1 Å². The van der Waals surface area contributed by atoms with Crippen molar-refractivity contribution in [1.82, 2.24) is 5.32 Å². The fourth-order valence-electron chi connectivity index (χ4n) is 4.93. The van der Waals surface area contributed by atoms with Gasteiger partial charge in [-0.1, -0.05) is 62.2 Å². The maximum Gasteiger partial charge on any atom is 0.409 e. The number of anilines is 1. The molecular formula is C31H41ClN2O8. The number of esters is 1. The molecule has 1 saturated heterocycles. The monoisotopic (exact) mass is 604 g/mol. The van der Waals surface area contributed by atoms with Gasteiger partial charge in [0, 0.05) is 19.4 Å². The number of amides is 2. The van der Waals surface area contributed by atoms with Crippen molar-refractivity contribution in [1.29, 1.82) is 0 Å². The van der Waals surface area contributed by atoms with Crippen LogP contribution in [0.3, 0.4) is 0 Å². The number of allylic oxidation sites excluding steroid dienone is 3. The summed E-state index contributed by atoms with van der Waals surface area (Å²) in [5.41, 5.74) is 1.00. The van der Waals surface area contributed by atoms with Gasteiger partial charge in [-0.25, -0.2) is 4.79 Å². The Kier molecular flexibility index (Phi) is 11.2. The van der Waals surface area contributed by atoms with Crippen LogP contribution >= 0.6 is 11.6 Å². The Morgan fingerprint density at radius 3 is 2.57 bits per heavy atom. The van der Waals surface area contributed by atoms with E-state index < -0.39 is 53.8 Å². The first-order chi connectivity index (χ1) is 19.8. The SMILES string of the molecule is COc1cc2cc(c1Cl)NC(=O)CC(OC(=O)C(C)C)/C(C)=C\[C@H](C)[C@@H]1C[C@@](O)(NC(=O)O1)[C@H](OC)/C=C\C=C(\C)C2. The number of fused-ring (bicyclic) bond motifs is 4. The van der Waals surface area contributed by atoms with Crippen LogP contribution in [-0.4, -0.2) is 61.3 Å². The first kappa shape index (κ1) is 33.2. The standard InChI is InChI=1S/C31H41ClN2O8/c1-17(2)29(36)41-23-15-27(35)33-22-13-21(14-24(39-6)28(22)32)11-18(3)9-8-10-26(40-7)31(38)16-25(42-30(37)34-31)20(5)12-19(23)4/h8-10,12-14,17,20,23,25-26,38H,11,15-16H2,1-7H3,(H,33,35)(H,34,37)/b10-8-,18-9-,19-12-/t20-,23?,25-,26+,31-/m0/s1. The molecule has 1 unspecified atom stereocenters. The van der Waals surface area contributed by atoms with Crippen molar-refractivity contribution in [3.05, 3.63) is 58.2 Å². The third-order valence-electron chi connectivity index (χ3n) is 7.28. The highest BCUT2D eigenvalue weighted by molar-refractivity contribution is 6.35. The normalized spacial score (nSPS) is 30.5. The van der Waals surface area contributed by atoms with Gasteiger partial charge in [0.1, 0.15) is 29.1 Å². The minimum Gasteiger partial charge on any atom is -0.495 e. The zero-order valence-corrected chi connectivity index (χ0v) is 25.9. The highest BCUT2D eigenvalue weighted by Crippen LogP contribution is 2.35. The number of hydrogen-bond acceptors (Lipinski definition) is 8. The molecule has 230 valence electrons. The second kappa shape index (κ2) is 14.2. The number of carbonyl (C=O) groups is 3. The van der Waals surface area contributed by atoms with Crippen LogP contribution in [0.15, 0.2) is 47.6 Å². The van der Waals surface area contributed by atoms with Gasteiger partial charge in [-0.3, -0.25) is 14.9 Å². The van der Waals surface area contributed by atoms with Crippen LogP contribution in [0.2, 0.25) is 5.02 Å². The van der Waals surface area contributed by atoms with Crippen LogP contribution in [0, 0.1) is 11.8 Å². The zero-order valence-electron chi connectivity index (χ0n) is 25.2. The average Bonchev–Trinajstić information content (AvgIpc) is 2.91. The molecule has 0 aromatic heterocycles. The summed E-state index contributed by atoms with van der Waals surface area (Å²) in [4.78, 5) is 38.4. The molecule has 1 fully saturated rings. The summed E-state index contributed by atoms with van der Waals surface area (Å²) in [6.07, 6.45) is 4.13. The first-order valence-corrected chi connectivity index (χ1v) is 14.3. The van der Waals surface area contributed by atoms with E-state index in [0.717, 1.165) is 11.1 Å². The van der Waals surface area contributed by atoms with Crippen LogP contribution in [0.25, 0.3) is 0 Å². The third-order valence-corrected chi connectivity index (χ3v) is 7.67. The molecule has 5 atom stereocenters. The van der Waals surface area contributed by atoms with Gasteiger partial charge in [0.2, 0.25) is 5.91 Å². The van der Waals surface area contributed by atoms with E-state index >= 15 is 0 Å². The van der Waals surface area contributed by atoms with Gasteiger partial charge in [-0.2, -0.15) is 0 Å². The minimum absolute atomic E-state index is 0.0241. The molecule has 0 aliphatic carbocycles. The molecule has 3 rings (SSSR count). The Hall–Kier alpha value is -3.34. The molecule has 11 heteroatoms. The topological polar surface area (TPSA) is 132 Å². The number of hydrogen-bond donors (Lipinski definition) is 3. The number of halogens is 1. The molecule has 42 heavy (non-hydrogen) atoms. The van der Waals surface area contributed by atoms with Gasteiger partial charge in [0.05, 0.1) is 25.1 Å². The maximum atomic E-state index is 13.3. The molecule has 0 spiro atoms. The average molecular weight is 605 g/mol. The number of alkyl carbamates (subject to hydrolysis) is 1. The summed E-state index contributed by atoms with van der Waals surface area (Å²) >= 11 is 6.54. The van der Waals surface area contributed by atoms with E-state index in [-0.39, 0.29) is 17.9 Å². The number of benzene rings is 1. The van der Waals surface area contributed by atoms with Gasteiger partial charge in [0.25, 0.3) is 0 Å². The summed E-state index contributed by atoms with van der Waals surface area (Å²) in [7, 11) is 2.94. The van der Waals surface area contributed by atoms with Crippen LogP contribution < -0.4 is 15.4 Å². The van der Waals surface area contributed by atoms with Crippen LogP contribution in [0.1, 0.15) is 53.0 Å². The van der Waals surface area contributed by atoms with Crippen LogP contribution in [0.4, 0.5) is 10.5 Å². The Morgan fingerprint density at radius 2 is 1.93 bits per heavy atom. The van der Waals surface area contributed by atoms with Gasteiger partial charge >= 0.3 is 12.1 Å². The molecule has 2 heterocycles. The number of carbonyl (C=O) groups excluding carboxylic acids is 3. The molecule has 10 nitrogen and oxygen atoms in total. The van der Waals surface area contributed by atoms with Crippen molar-refractivity contribution < 1.29 is 38.4 Å². The largest absolute Gasteiger partial charge is 0.495 e. The summed E-state index contributed by atoms with van der Waals surface area (Å²) in [6, 6.07) is 3.57. The first-order valence-electron chi connectivity index (χ1n) is 13.9. The van der Waals surface area contributed by atoms with Gasteiger partial charge in [0.15, 0.2) is 5.72 Å². The quantitative estimate of drug-likeness (QED) is 0.320. The van der Waals surface area contributed by atoms with Crippen molar-refractivity contribution in [2.24, 2.45) is 11.8 Å². The summed E-state index contributed by atoms with van der Waals surface area (Å²) < 4.78 is 22.3. The maximum absolute atomic E-state index is 13.3. The smallest absolute Gasteiger partial charge is 0.409 e. The van der Waals surface area contributed by atoms with E-state index in [4.69, 9.17) is 30.5 Å². The van der Waals surface area contributed by atoms with E-state index in [1.807, 2.05) is 19.9 Å². The predicted molar refractivity (Wildman–Crippen MR) is 159 cm³/mol. The Labute approximate surface area is 252 Å². The van der Waals surface area contributed by atoms with Crippen LogP contribution in [-0.2, 0) is 30.2 Å². The number of ether oxygens (including phenoxy) is 4.